The Kier molecular flexibility index (Phi) is 4.60. The summed E-state index contributed by atoms with van der Waals surface area (Å²) in [5.41, 5.74) is 0.376. The molecule has 1 aliphatic carbocycles. The summed E-state index contributed by atoms with van der Waals surface area (Å²) in [6.07, 6.45) is 2.02. The molecule has 1 aliphatic rings. The average Bonchev–Trinajstić information content (AvgIpc) is 2.42. The van der Waals surface area contributed by atoms with Gasteiger partial charge in [-0.15, -0.1) is 0 Å². The van der Waals surface area contributed by atoms with Crippen LogP contribution >= 0.6 is 0 Å². The molecule has 20 heavy (non-hydrogen) atoms. The molecule has 2 rings (SSSR count). The Hall–Kier alpha value is -1.62. The van der Waals surface area contributed by atoms with Crippen molar-refractivity contribution in [3.63, 3.8) is 0 Å². The molecule has 0 saturated heterocycles. The van der Waals surface area contributed by atoms with Gasteiger partial charge in [0, 0.05) is 11.6 Å². The van der Waals surface area contributed by atoms with E-state index in [1.54, 1.807) is 0 Å². The summed E-state index contributed by atoms with van der Waals surface area (Å²) >= 11 is 0. The van der Waals surface area contributed by atoms with Gasteiger partial charge in [0.15, 0.2) is 11.6 Å². The van der Waals surface area contributed by atoms with Gasteiger partial charge in [-0.3, -0.25) is 4.79 Å². The molecular formula is C15H20FNO3. The van der Waals surface area contributed by atoms with Crippen LogP contribution in [-0.2, 0) is 0 Å². The van der Waals surface area contributed by atoms with Gasteiger partial charge in [0.25, 0.3) is 5.91 Å². The van der Waals surface area contributed by atoms with Gasteiger partial charge in [0.05, 0.1) is 13.2 Å². The van der Waals surface area contributed by atoms with Crippen LogP contribution < -0.4 is 10.1 Å². The predicted molar refractivity (Wildman–Crippen MR) is 73.2 cm³/mol. The van der Waals surface area contributed by atoms with Crippen LogP contribution in [0.3, 0.4) is 0 Å². The van der Waals surface area contributed by atoms with Gasteiger partial charge in [-0.1, -0.05) is 6.92 Å². The molecule has 0 heterocycles. The van der Waals surface area contributed by atoms with Gasteiger partial charge < -0.3 is 15.2 Å². The lowest BCUT2D eigenvalue weighted by Crippen LogP contribution is -2.46. The maximum Gasteiger partial charge on any atom is 0.251 e. The van der Waals surface area contributed by atoms with Crippen molar-refractivity contribution in [2.45, 2.75) is 38.3 Å². The maximum atomic E-state index is 13.3. The van der Waals surface area contributed by atoms with E-state index in [0.29, 0.717) is 11.5 Å². The van der Waals surface area contributed by atoms with Crippen LogP contribution in [0.25, 0.3) is 0 Å². The summed E-state index contributed by atoms with van der Waals surface area (Å²) in [5.74, 6) is -0.346. The molecule has 5 heteroatoms. The normalized spacial score (nSPS) is 22.8. The SMILES string of the molecule is CCC(NC(=O)c1ccc(F)c(OC)c1)C1CC(O)C1. The zero-order valence-electron chi connectivity index (χ0n) is 11.7. The Morgan fingerprint density at radius 2 is 2.25 bits per heavy atom. The van der Waals surface area contributed by atoms with Gasteiger partial charge in [-0.05, 0) is 43.4 Å². The van der Waals surface area contributed by atoms with Gasteiger partial charge in [-0.2, -0.15) is 0 Å². The first-order valence-corrected chi connectivity index (χ1v) is 6.87. The number of amides is 1. The largest absolute Gasteiger partial charge is 0.494 e. The molecule has 0 aliphatic heterocycles. The monoisotopic (exact) mass is 281 g/mol. The Morgan fingerprint density at radius 1 is 1.55 bits per heavy atom. The number of aliphatic hydroxyl groups is 1. The van der Waals surface area contributed by atoms with Crippen LogP contribution in [0.2, 0.25) is 0 Å². The molecule has 0 aromatic heterocycles. The fraction of sp³-hybridized carbons (Fsp3) is 0.533. The Morgan fingerprint density at radius 3 is 2.80 bits per heavy atom. The van der Waals surface area contributed by atoms with Gasteiger partial charge in [0.1, 0.15) is 0 Å². The highest BCUT2D eigenvalue weighted by Gasteiger charge is 2.33. The highest BCUT2D eigenvalue weighted by atomic mass is 19.1. The second-order valence-corrected chi connectivity index (χ2v) is 5.22. The summed E-state index contributed by atoms with van der Waals surface area (Å²) < 4.78 is 18.2. The van der Waals surface area contributed by atoms with Gasteiger partial charge >= 0.3 is 0 Å². The average molecular weight is 281 g/mol. The minimum absolute atomic E-state index is 0.0435. The van der Waals surface area contributed by atoms with E-state index >= 15 is 0 Å². The lowest BCUT2D eigenvalue weighted by molar-refractivity contribution is 0.0232. The number of hydrogen-bond acceptors (Lipinski definition) is 3. The van der Waals surface area contributed by atoms with Crippen molar-refractivity contribution >= 4 is 5.91 Å². The third-order valence-electron chi connectivity index (χ3n) is 3.89. The molecule has 2 N–H and O–H groups in total. The van der Waals surface area contributed by atoms with Gasteiger partial charge in [-0.25, -0.2) is 4.39 Å². The van der Waals surface area contributed by atoms with Crippen LogP contribution in [0.15, 0.2) is 18.2 Å². The molecule has 1 atom stereocenters. The van der Waals surface area contributed by atoms with Crippen LogP contribution in [0.1, 0.15) is 36.5 Å². The van der Waals surface area contributed by atoms with Crippen LogP contribution in [0.4, 0.5) is 4.39 Å². The number of hydrogen-bond donors (Lipinski definition) is 2. The number of nitrogens with one attached hydrogen (secondary N) is 1. The molecule has 4 nitrogen and oxygen atoms in total. The molecule has 1 fully saturated rings. The number of aliphatic hydroxyl groups excluding tert-OH is 1. The zero-order valence-corrected chi connectivity index (χ0v) is 11.7. The number of halogens is 1. The molecule has 1 amide bonds. The second-order valence-electron chi connectivity index (χ2n) is 5.22. The minimum Gasteiger partial charge on any atom is -0.494 e. The Bertz CT molecular complexity index is 486. The smallest absolute Gasteiger partial charge is 0.251 e. The number of methoxy groups -OCH3 is 1. The summed E-state index contributed by atoms with van der Waals surface area (Å²) in [7, 11) is 1.37. The standard InChI is InChI=1S/C15H20FNO3/c1-3-13(10-6-11(18)7-10)17-15(19)9-4-5-12(16)14(8-9)20-2/h4-5,8,10-11,13,18H,3,6-7H2,1-2H3,(H,17,19). The van der Waals surface area contributed by atoms with E-state index in [2.05, 4.69) is 5.32 Å². The van der Waals surface area contributed by atoms with E-state index in [1.807, 2.05) is 6.92 Å². The molecule has 1 aromatic rings. The predicted octanol–water partition coefficient (Wildman–Crippen LogP) is 2.11. The van der Waals surface area contributed by atoms with Crippen molar-refractivity contribution < 1.29 is 19.0 Å². The first-order valence-electron chi connectivity index (χ1n) is 6.87. The van der Waals surface area contributed by atoms with E-state index in [4.69, 9.17) is 4.74 Å². The Balaban J connectivity index is 2.03. The van der Waals surface area contributed by atoms with Crippen molar-refractivity contribution in [2.24, 2.45) is 5.92 Å². The van der Waals surface area contributed by atoms with Crippen molar-refractivity contribution in [1.29, 1.82) is 0 Å². The summed E-state index contributed by atoms with van der Waals surface area (Å²) in [6, 6.07) is 4.10. The second kappa shape index (κ2) is 6.22. The van der Waals surface area contributed by atoms with E-state index in [1.165, 1.54) is 25.3 Å². The number of rotatable bonds is 5. The highest BCUT2D eigenvalue weighted by molar-refractivity contribution is 5.94. The molecular weight excluding hydrogens is 261 g/mol. The van der Waals surface area contributed by atoms with Gasteiger partial charge in [0.2, 0.25) is 0 Å². The molecule has 1 unspecified atom stereocenters. The molecule has 1 saturated carbocycles. The number of benzene rings is 1. The van der Waals surface area contributed by atoms with Crippen molar-refractivity contribution in [1.82, 2.24) is 5.32 Å². The molecule has 0 radical (unpaired) electrons. The number of carbonyl (C=O) groups excluding carboxylic acids is 1. The summed E-state index contributed by atoms with van der Waals surface area (Å²) in [4.78, 5) is 12.2. The topological polar surface area (TPSA) is 58.6 Å². The summed E-state index contributed by atoms with van der Waals surface area (Å²) in [6.45, 7) is 2.00. The van der Waals surface area contributed by atoms with Crippen molar-refractivity contribution in [3.8, 4) is 5.75 Å². The molecule has 110 valence electrons. The quantitative estimate of drug-likeness (QED) is 0.869. The van der Waals surface area contributed by atoms with E-state index in [0.717, 1.165) is 19.3 Å². The van der Waals surface area contributed by atoms with Crippen LogP contribution in [-0.4, -0.2) is 30.3 Å². The minimum atomic E-state index is -0.488. The van der Waals surface area contributed by atoms with E-state index < -0.39 is 5.82 Å². The zero-order chi connectivity index (χ0) is 14.7. The molecule has 1 aromatic carbocycles. The number of ether oxygens (including phenoxy) is 1. The fourth-order valence-corrected chi connectivity index (χ4v) is 2.56. The van der Waals surface area contributed by atoms with E-state index in [9.17, 15) is 14.3 Å². The van der Waals surface area contributed by atoms with Crippen LogP contribution in [0.5, 0.6) is 5.75 Å². The first-order chi connectivity index (χ1) is 9.55. The first kappa shape index (κ1) is 14.8. The highest BCUT2D eigenvalue weighted by Crippen LogP contribution is 2.31. The molecule has 0 spiro atoms. The fourth-order valence-electron chi connectivity index (χ4n) is 2.56. The van der Waals surface area contributed by atoms with Crippen molar-refractivity contribution in [2.75, 3.05) is 7.11 Å². The molecule has 0 bridgehead atoms. The maximum absolute atomic E-state index is 13.3. The van der Waals surface area contributed by atoms with Crippen molar-refractivity contribution in [3.05, 3.63) is 29.6 Å². The third-order valence-corrected chi connectivity index (χ3v) is 3.89. The number of carbonyl (C=O) groups is 1. The lowest BCUT2D eigenvalue weighted by Gasteiger charge is -2.37. The summed E-state index contributed by atoms with van der Waals surface area (Å²) in [5, 5.41) is 12.3. The lowest BCUT2D eigenvalue weighted by atomic mass is 9.76. The van der Waals surface area contributed by atoms with E-state index in [-0.39, 0.29) is 23.8 Å². The van der Waals surface area contributed by atoms with Crippen LogP contribution in [0, 0.1) is 11.7 Å². The Labute approximate surface area is 117 Å². The third kappa shape index (κ3) is 3.10.